The van der Waals surface area contributed by atoms with Crippen LogP contribution in [0.15, 0.2) is 52.9 Å². The highest BCUT2D eigenvalue weighted by atomic mass is 19.1. The van der Waals surface area contributed by atoms with Crippen molar-refractivity contribution in [3.8, 4) is 0 Å². The van der Waals surface area contributed by atoms with Crippen molar-refractivity contribution in [2.24, 2.45) is 0 Å². The van der Waals surface area contributed by atoms with Crippen molar-refractivity contribution in [3.05, 3.63) is 65.7 Å². The number of hydrogen-bond donors (Lipinski definition) is 1. The predicted molar refractivity (Wildman–Crippen MR) is 96.9 cm³/mol. The molecule has 3 rings (SSSR count). The fourth-order valence-corrected chi connectivity index (χ4v) is 2.56. The lowest BCUT2D eigenvalue weighted by atomic mass is 10.1. The van der Waals surface area contributed by atoms with E-state index in [-0.39, 0.29) is 18.1 Å². The number of halogens is 1. The van der Waals surface area contributed by atoms with Gasteiger partial charge in [0.2, 0.25) is 5.76 Å². The van der Waals surface area contributed by atoms with Gasteiger partial charge in [0.25, 0.3) is 5.91 Å². The second-order valence-electron chi connectivity index (χ2n) is 5.65. The highest BCUT2D eigenvalue weighted by molar-refractivity contribution is 5.98. The van der Waals surface area contributed by atoms with Crippen molar-refractivity contribution < 1.29 is 27.9 Å². The van der Waals surface area contributed by atoms with Gasteiger partial charge in [0.15, 0.2) is 6.61 Å². The summed E-state index contributed by atoms with van der Waals surface area (Å²) in [7, 11) is 0. The fourth-order valence-electron chi connectivity index (χ4n) is 2.56. The third-order valence-corrected chi connectivity index (χ3v) is 3.82. The van der Waals surface area contributed by atoms with Crippen molar-refractivity contribution in [1.29, 1.82) is 0 Å². The quantitative estimate of drug-likeness (QED) is 0.637. The minimum Gasteiger partial charge on any atom is -0.450 e. The SMILES string of the molecule is CCOCc1c(C(=O)OCC(=O)Nc2ccccc2F)oc2ccccc12. The zero-order valence-corrected chi connectivity index (χ0v) is 14.7. The first-order chi connectivity index (χ1) is 13.1. The van der Waals surface area contributed by atoms with E-state index in [1.807, 2.05) is 19.1 Å². The number of nitrogens with one attached hydrogen (secondary N) is 1. The van der Waals surface area contributed by atoms with Gasteiger partial charge in [-0.2, -0.15) is 0 Å². The Morgan fingerprint density at radius 1 is 1.11 bits per heavy atom. The summed E-state index contributed by atoms with van der Waals surface area (Å²) >= 11 is 0. The van der Waals surface area contributed by atoms with E-state index in [2.05, 4.69) is 5.32 Å². The van der Waals surface area contributed by atoms with Gasteiger partial charge in [-0.1, -0.05) is 30.3 Å². The number of fused-ring (bicyclic) bond motifs is 1. The molecule has 0 saturated heterocycles. The second-order valence-corrected chi connectivity index (χ2v) is 5.65. The molecule has 1 heterocycles. The minimum absolute atomic E-state index is 0.0108. The van der Waals surface area contributed by atoms with E-state index in [0.717, 1.165) is 5.39 Å². The van der Waals surface area contributed by atoms with Crippen LogP contribution in [0.2, 0.25) is 0 Å². The van der Waals surface area contributed by atoms with E-state index in [1.54, 1.807) is 18.2 Å². The molecule has 0 aliphatic heterocycles. The van der Waals surface area contributed by atoms with Crippen LogP contribution >= 0.6 is 0 Å². The first-order valence-corrected chi connectivity index (χ1v) is 8.39. The van der Waals surface area contributed by atoms with Gasteiger partial charge >= 0.3 is 5.97 Å². The summed E-state index contributed by atoms with van der Waals surface area (Å²) < 4.78 is 29.6. The average molecular weight is 371 g/mol. The molecule has 0 unspecified atom stereocenters. The maximum atomic E-state index is 13.6. The Balaban J connectivity index is 1.70. The van der Waals surface area contributed by atoms with Gasteiger partial charge in [0.05, 0.1) is 12.3 Å². The predicted octanol–water partition coefficient (Wildman–Crippen LogP) is 3.90. The van der Waals surface area contributed by atoms with Crippen molar-refractivity contribution in [2.75, 3.05) is 18.5 Å². The zero-order valence-electron chi connectivity index (χ0n) is 14.7. The monoisotopic (exact) mass is 371 g/mol. The van der Waals surface area contributed by atoms with Crippen LogP contribution in [-0.4, -0.2) is 25.1 Å². The molecule has 2 aromatic carbocycles. The third-order valence-electron chi connectivity index (χ3n) is 3.82. The zero-order chi connectivity index (χ0) is 19.2. The molecule has 1 amide bonds. The van der Waals surface area contributed by atoms with Crippen LogP contribution in [0, 0.1) is 5.82 Å². The molecule has 0 atom stereocenters. The molecule has 0 aliphatic carbocycles. The molecule has 27 heavy (non-hydrogen) atoms. The van der Waals surface area contributed by atoms with Crippen molar-refractivity contribution in [2.45, 2.75) is 13.5 Å². The van der Waals surface area contributed by atoms with Crippen LogP contribution in [0.4, 0.5) is 10.1 Å². The van der Waals surface area contributed by atoms with E-state index in [4.69, 9.17) is 13.9 Å². The molecular formula is C20H18FNO5. The lowest BCUT2D eigenvalue weighted by Gasteiger charge is -2.07. The highest BCUT2D eigenvalue weighted by Crippen LogP contribution is 2.27. The molecule has 0 saturated carbocycles. The molecule has 0 fully saturated rings. The van der Waals surface area contributed by atoms with E-state index in [9.17, 15) is 14.0 Å². The van der Waals surface area contributed by atoms with Gasteiger partial charge in [-0.05, 0) is 25.1 Å². The summed E-state index contributed by atoms with van der Waals surface area (Å²) in [4.78, 5) is 24.3. The lowest BCUT2D eigenvalue weighted by molar-refractivity contribution is -0.119. The van der Waals surface area contributed by atoms with Gasteiger partial charge in [-0.15, -0.1) is 0 Å². The number of furan rings is 1. The number of benzene rings is 2. The van der Waals surface area contributed by atoms with Gasteiger partial charge < -0.3 is 19.2 Å². The number of para-hydroxylation sites is 2. The molecule has 1 N–H and O–H groups in total. The maximum absolute atomic E-state index is 13.6. The standard InChI is InChI=1S/C20H18FNO5/c1-2-25-11-14-13-7-3-6-10-17(13)27-19(14)20(24)26-12-18(23)22-16-9-5-4-8-15(16)21/h3-10H,2,11-12H2,1H3,(H,22,23). The molecule has 0 aliphatic rings. The lowest BCUT2D eigenvalue weighted by Crippen LogP contribution is -2.21. The Hall–Kier alpha value is -3.19. The van der Waals surface area contributed by atoms with Crippen LogP contribution in [0.5, 0.6) is 0 Å². The average Bonchev–Trinajstić information content (AvgIpc) is 3.05. The second kappa shape index (κ2) is 8.46. The van der Waals surface area contributed by atoms with E-state index >= 15 is 0 Å². The molecule has 7 heteroatoms. The molecule has 0 radical (unpaired) electrons. The maximum Gasteiger partial charge on any atom is 0.375 e. The highest BCUT2D eigenvalue weighted by Gasteiger charge is 2.22. The number of carbonyl (C=O) groups excluding carboxylic acids is 2. The number of ether oxygens (including phenoxy) is 2. The number of anilines is 1. The first kappa shape index (κ1) is 18.6. The van der Waals surface area contributed by atoms with E-state index in [0.29, 0.717) is 17.8 Å². The van der Waals surface area contributed by atoms with Crippen LogP contribution in [-0.2, 0) is 20.9 Å². The Morgan fingerprint density at radius 2 is 1.85 bits per heavy atom. The summed E-state index contributed by atoms with van der Waals surface area (Å²) in [5, 5.41) is 3.09. The molecule has 0 bridgehead atoms. The Labute approximate surface area is 154 Å². The largest absolute Gasteiger partial charge is 0.450 e. The number of hydrogen-bond acceptors (Lipinski definition) is 5. The van der Waals surface area contributed by atoms with Crippen LogP contribution in [0.3, 0.4) is 0 Å². The normalized spacial score (nSPS) is 10.7. The van der Waals surface area contributed by atoms with E-state index < -0.39 is 24.3 Å². The summed E-state index contributed by atoms with van der Waals surface area (Å²) in [6, 6.07) is 12.9. The number of amides is 1. The molecule has 140 valence electrons. The van der Waals surface area contributed by atoms with Crippen LogP contribution in [0.1, 0.15) is 23.0 Å². The molecule has 6 nitrogen and oxygen atoms in total. The summed E-state index contributed by atoms with van der Waals surface area (Å²) in [6.45, 7) is 1.92. The Kier molecular flexibility index (Phi) is 5.83. The third kappa shape index (κ3) is 4.32. The van der Waals surface area contributed by atoms with Gasteiger partial charge in [-0.25, -0.2) is 9.18 Å². The number of rotatable bonds is 7. The summed E-state index contributed by atoms with van der Waals surface area (Å²) in [6.07, 6.45) is 0. The Morgan fingerprint density at radius 3 is 2.63 bits per heavy atom. The van der Waals surface area contributed by atoms with Crippen molar-refractivity contribution >= 4 is 28.5 Å². The van der Waals surface area contributed by atoms with Gasteiger partial charge in [0, 0.05) is 17.6 Å². The number of carbonyl (C=O) groups is 2. The fraction of sp³-hybridized carbons (Fsp3) is 0.200. The van der Waals surface area contributed by atoms with Crippen molar-refractivity contribution in [1.82, 2.24) is 0 Å². The summed E-state index contributed by atoms with van der Waals surface area (Å²) in [5.74, 6) is -2.03. The first-order valence-electron chi connectivity index (χ1n) is 8.39. The van der Waals surface area contributed by atoms with Crippen LogP contribution in [0.25, 0.3) is 11.0 Å². The molecule has 0 spiro atoms. The Bertz CT molecular complexity index is 966. The van der Waals surface area contributed by atoms with Gasteiger partial charge in [-0.3, -0.25) is 4.79 Å². The molecular weight excluding hydrogens is 353 g/mol. The summed E-state index contributed by atoms with van der Waals surface area (Å²) in [5.41, 5.74) is 1.10. The van der Waals surface area contributed by atoms with E-state index in [1.165, 1.54) is 18.2 Å². The number of esters is 1. The molecule has 3 aromatic rings. The van der Waals surface area contributed by atoms with Gasteiger partial charge in [0.1, 0.15) is 11.4 Å². The smallest absolute Gasteiger partial charge is 0.375 e. The minimum atomic E-state index is -0.787. The van der Waals surface area contributed by atoms with Crippen LogP contribution < -0.4 is 5.32 Å². The topological polar surface area (TPSA) is 77.8 Å². The molecule has 1 aromatic heterocycles. The van der Waals surface area contributed by atoms with Crippen molar-refractivity contribution in [3.63, 3.8) is 0 Å².